The lowest BCUT2D eigenvalue weighted by Crippen LogP contribution is -2.72. The van der Waals surface area contributed by atoms with Crippen molar-refractivity contribution in [3.05, 3.63) is 0 Å². The van der Waals surface area contributed by atoms with Crippen molar-refractivity contribution in [2.75, 3.05) is 26.2 Å². The topological polar surface area (TPSA) is 318 Å². The molecule has 17 nitrogen and oxygen atoms in total. The Kier molecular flexibility index (Phi) is 13.0. The first-order chi connectivity index (χ1) is 19.4. The summed E-state index contributed by atoms with van der Waals surface area (Å²) < 4.78 is 17.7. The van der Waals surface area contributed by atoms with Gasteiger partial charge in [-0.15, -0.1) is 0 Å². The number of ether oxygens (including phenoxy) is 3. The van der Waals surface area contributed by atoms with Gasteiger partial charge >= 0.3 is 0 Å². The fraction of sp³-hybridized carbons (Fsp3) is 1.00. The molecule has 0 amide bonds. The van der Waals surface area contributed by atoms with Gasteiger partial charge in [0.05, 0.1) is 43.1 Å². The number of aliphatic hydroxyl groups is 8. The van der Waals surface area contributed by atoms with Crippen molar-refractivity contribution in [3.63, 3.8) is 0 Å². The van der Waals surface area contributed by atoms with Crippen LogP contribution in [0.5, 0.6) is 0 Å². The third-order valence-corrected chi connectivity index (χ3v) is 8.40. The van der Waals surface area contributed by atoms with Crippen LogP contribution in [0.4, 0.5) is 0 Å². The maximum absolute atomic E-state index is 11.7. The van der Waals surface area contributed by atoms with Crippen molar-refractivity contribution in [1.29, 1.82) is 0 Å². The molecular formula is C24H50N6O11. The standard InChI is InChI=1S/C24H50N6O11/c1-2-29-6-11-17(34)19(36)15(28)22(39-11)13-8(26)5-9(30-23(38)10(32)3-4-25)21(18(13)35)41-24-20(37)14(27)16(33)12(7-31)40-24/h8-24,29-38H,2-7,25-28H2,1H3. The minimum Gasteiger partial charge on any atom is -0.394 e. The normalized spacial score (nSPS) is 47.2. The van der Waals surface area contributed by atoms with E-state index in [0.29, 0.717) is 6.54 Å². The summed E-state index contributed by atoms with van der Waals surface area (Å²) in [6.45, 7) is 2.08. The number of nitrogens with two attached hydrogens (primary N) is 4. The number of hydrogen-bond donors (Lipinski definition) is 14. The van der Waals surface area contributed by atoms with Gasteiger partial charge in [-0.2, -0.15) is 0 Å². The second-order valence-electron chi connectivity index (χ2n) is 11.2. The minimum absolute atomic E-state index is 0.0306. The Hall–Kier alpha value is -0.680. The van der Waals surface area contributed by atoms with Gasteiger partial charge < -0.3 is 83.3 Å². The minimum atomic E-state index is -1.57. The zero-order valence-corrected chi connectivity index (χ0v) is 23.2. The van der Waals surface area contributed by atoms with Gasteiger partial charge in [0.2, 0.25) is 0 Å². The number of nitrogens with one attached hydrogen (secondary N) is 2. The van der Waals surface area contributed by atoms with E-state index in [-0.39, 0.29) is 25.9 Å². The SMILES string of the molecule is CCNCC1OC(C2C(N)CC(NC(O)C(O)CCN)C(OC3OC(CO)C(O)C(N)C3O)C2O)C(N)C(O)C1O. The second-order valence-corrected chi connectivity index (χ2v) is 11.2. The molecule has 41 heavy (non-hydrogen) atoms. The van der Waals surface area contributed by atoms with Crippen LogP contribution in [-0.2, 0) is 14.2 Å². The molecule has 2 aliphatic heterocycles. The number of likely N-dealkylation sites (N-methyl/N-ethyl adjacent to an activating group) is 1. The first kappa shape index (κ1) is 34.8. The van der Waals surface area contributed by atoms with Crippen LogP contribution in [0.25, 0.3) is 0 Å². The predicted molar refractivity (Wildman–Crippen MR) is 143 cm³/mol. The molecular weight excluding hydrogens is 548 g/mol. The lowest BCUT2D eigenvalue weighted by molar-refractivity contribution is -0.308. The van der Waals surface area contributed by atoms with Crippen LogP contribution in [0.3, 0.4) is 0 Å². The lowest BCUT2D eigenvalue weighted by atomic mass is 9.71. The second kappa shape index (κ2) is 15.4. The molecule has 2 saturated heterocycles. The van der Waals surface area contributed by atoms with Crippen molar-refractivity contribution in [2.45, 2.75) is 117 Å². The van der Waals surface area contributed by atoms with Crippen molar-refractivity contribution < 1.29 is 55.1 Å². The average Bonchev–Trinajstić information content (AvgIpc) is 2.94. The van der Waals surface area contributed by atoms with Gasteiger partial charge in [0.1, 0.15) is 42.9 Å². The molecule has 0 bridgehead atoms. The molecule has 17 unspecified atom stereocenters. The first-order valence-corrected chi connectivity index (χ1v) is 14.1. The van der Waals surface area contributed by atoms with Crippen LogP contribution in [-0.4, -0.2) is 165 Å². The van der Waals surface area contributed by atoms with E-state index in [1.807, 2.05) is 6.92 Å². The number of rotatable bonds is 12. The fourth-order valence-electron chi connectivity index (χ4n) is 5.93. The molecule has 1 saturated carbocycles. The van der Waals surface area contributed by atoms with Gasteiger partial charge in [-0.25, -0.2) is 0 Å². The molecule has 1 aliphatic carbocycles. The summed E-state index contributed by atoms with van der Waals surface area (Å²) >= 11 is 0. The van der Waals surface area contributed by atoms with Gasteiger partial charge in [-0.05, 0) is 25.9 Å². The van der Waals surface area contributed by atoms with Crippen molar-refractivity contribution >= 4 is 0 Å². The van der Waals surface area contributed by atoms with Crippen LogP contribution in [0, 0.1) is 5.92 Å². The van der Waals surface area contributed by atoms with E-state index in [0.717, 1.165) is 0 Å². The van der Waals surface area contributed by atoms with E-state index in [2.05, 4.69) is 10.6 Å². The van der Waals surface area contributed by atoms with E-state index in [1.54, 1.807) is 0 Å². The third-order valence-electron chi connectivity index (χ3n) is 8.40. The van der Waals surface area contributed by atoms with E-state index >= 15 is 0 Å². The molecule has 0 aromatic carbocycles. The summed E-state index contributed by atoms with van der Waals surface area (Å²) in [7, 11) is 0. The molecule has 3 aliphatic rings. The molecule has 242 valence electrons. The molecule has 0 aromatic rings. The van der Waals surface area contributed by atoms with Crippen LogP contribution in [0.1, 0.15) is 19.8 Å². The highest BCUT2D eigenvalue weighted by molar-refractivity contribution is 5.08. The first-order valence-electron chi connectivity index (χ1n) is 14.1. The molecule has 2 heterocycles. The van der Waals surface area contributed by atoms with Crippen molar-refractivity contribution in [2.24, 2.45) is 28.9 Å². The number of hydrogen-bond acceptors (Lipinski definition) is 17. The summed E-state index contributed by atoms with van der Waals surface area (Å²) in [4.78, 5) is 0. The van der Waals surface area contributed by atoms with Crippen LogP contribution < -0.4 is 33.6 Å². The molecule has 0 spiro atoms. The molecule has 0 aromatic heterocycles. The maximum atomic E-state index is 11.7. The predicted octanol–water partition coefficient (Wildman–Crippen LogP) is -7.74. The highest BCUT2D eigenvalue weighted by atomic mass is 16.7. The molecule has 18 N–H and O–H groups in total. The van der Waals surface area contributed by atoms with Gasteiger partial charge in [-0.1, -0.05) is 6.92 Å². The Morgan fingerprint density at radius 1 is 0.902 bits per heavy atom. The molecule has 17 heteroatoms. The van der Waals surface area contributed by atoms with Gasteiger partial charge in [0.25, 0.3) is 0 Å². The quantitative estimate of drug-likeness (QED) is 0.0927. The Bertz CT molecular complexity index is 792. The molecule has 0 radical (unpaired) electrons. The van der Waals surface area contributed by atoms with E-state index in [1.165, 1.54) is 0 Å². The Morgan fingerprint density at radius 3 is 2.20 bits per heavy atom. The fourth-order valence-corrected chi connectivity index (χ4v) is 5.93. The monoisotopic (exact) mass is 598 g/mol. The summed E-state index contributed by atoms with van der Waals surface area (Å²) in [6, 6.07) is -4.18. The van der Waals surface area contributed by atoms with Crippen molar-refractivity contribution in [1.82, 2.24) is 10.6 Å². The summed E-state index contributed by atoms with van der Waals surface area (Å²) in [5.41, 5.74) is 24.2. The van der Waals surface area contributed by atoms with Gasteiger partial charge in [0, 0.05) is 24.5 Å². The summed E-state index contributed by atoms with van der Waals surface area (Å²) in [5.74, 6) is -0.973. The van der Waals surface area contributed by atoms with Crippen molar-refractivity contribution in [3.8, 4) is 0 Å². The molecule has 3 fully saturated rings. The Morgan fingerprint density at radius 2 is 1.59 bits per heavy atom. The van der Waals surface area contributed by atoms with E-state index in [9.17, 15) is 40.9 Å². The highest BCUT2D eigenvalue weighted by Crippen LogP contribution is 2.37. The van der Waals surface area contributed by atoms with E-state index in [4.69, 9.17) is 37.1 Å². The van der Waals surface area contributed by atoms with Gasteiger partial charge in [0.15, 0.2) is 6.29 Å². The third kappa shape index (κ3) is 7.70. The van der Waals surface area contributed by atoms with Crippen LogP contribution >= 0.6 is 0 Å². The number of aliphatic hydroxyl groups excluding tert-OH is 8. The maximum Gasteiger partial charge on any atom is 0.186 e. The van der Waals surface area contributed by atoms with Gasteiger partial charge in [-0.3, -0.25) is 5.32 Å². The molecule has 3 rings (SSSR count). The lowest BCUT2D eigenvalue weighted by Gasteiger charge is -2.52. The Labute approximate surface area is 238 Å². The summed E-state index contributed by atoms with van der Waals surface area (Å²) in [6.07, 6.45) is -15.8. The van der Waals surface area contributed by atoms with Crippen LogP contribution in [0.2, 0.25) is 0 Å². The smallest absolute Gasteiger partial charge is 0.186 e. The average molecular weight is 599 g/mol. The van der Waals surface area contributed by atoms with Crippen LogP contribution in [0.15, 0.2) is 0 Å². The zero-order chi connectivity index (χ0) is 30.6. The van der Waals surface area contributed by atoms with E-state index < -0.39 is 110 Å². The summed E-state index contributed by atoms with van der Waals surface area (Å²) in [5, 5.41) is 90.1. The highest BCUT2D eigenvalue weighted by Gasteiger charge is 2.55. The molecule has 17 atom stereocenters. The largest absolute Gasteiger partial charge is 0.394 e. The Balaban J connectivity index is 1.90. The zero-order valence-electron chi connectivity index (χ0n) is 23.2.